The van der Waals surface area contributed by atoms with Crippen LogP contribution < -0.4 is 0 Å². The molecule has 0 atom stereocenters. The molecule has 1 aromatic heterocycles. The molecule has 0 aliphatic carbocycles. The van der Waals surface area contributed by atoms with Crippen LogP contribution in [0.25, 0.3) is 10.4 Å². The van der Waals surface area contributed by atoms with Crippen LogP contribution in [0.4, 0.5) is 0 Å². The Hall–Kier alpha value is -2.14. The molecular weight excluding hydrogens is 240 g/mol. The van der Waals surface area contributed by atoms with Crippen LogP contribution in [0.5, 0.6) is 5.75 Å². The average molecular weight is 248 g/mol. The summed E-state index contributed by atoms with van der Waals surface area (Å²) in [7, 11) is 0. The Kier molecular flexibility index (Phi) is 2.93. The summed E-state index contributed by atoms with van der Waals surface area (Å²) in [6, 6.07) is 7.74. The second-order valence-corrected chi connectivity index (χ2v) is 4.47. The summed E-state index contributed by atoms with van der Waals surface area (Å²) < 4.78 is 0. The van der Waals surface area contributed by atoms with E-state index in [0.29, 0.717) is 10.4 Å². The van der Waals surface area contributed by atoms with Crippen molar-refractivity contribution in [3.63, 3.8) is 0 Å². The largest absolute Gasteiger partial charge is 0.507 e. The maximum Gasteiger partial charge on any atom is 0.339 e. The van der Waals surface area contributed by atoms with Gasteiger partial charge in [0, 0.05) is 4.88 Å². The fraction of sp³-hybridized carbons (Fsp3) is 0. The van der Waals surface area contributed by atoms with Crippen LogP contribution in [0.3, 0.4) is 0 Å². The standard InChI is InChI=1S/C12H8O4S/c13-6-8-2-4-11(17-8)7-1-3-10(14)9(5-7)12(15)16/h1-6,14H,(H,15,16). The maximum absolute atomic E-state index is 10.9. The molecule has 0 saturated carbocycles. The van der Waals surface area contributed by atoms with Gasteiger partial charge in [-0.2, -0.15) is 0 Å². The van der Waals surface area contributed by atoms with Crippen LogP contribution >= 0.6 is 11.3 Å². The number of aldehydes is 1. The summed E-state index contributed by atoms with van der Waals surface area (Å²) in [5.74, 6) is -1.45. The lowest BCUT2D eigenvalue weighted by atomic mass is 10.1. The highest BCUT2D eigenvalue weighted by atomic mass is 32.1. The number of hydrogen-bond donors (Lipinski definition) is 2. The zero-order valence-electron chi connectivity index (χ0n) is 8.58. The van der Waals surface area contributed by atoms with E-state index in [1.807, 2.05) is 0 Å². The molecule has 0 radical (unpaired) electrons. The van der Waals surface area contributed by atoms with Gasteiger partial charge in [0.05, 0.1) is 4.88 Å². The first-order valence-electron chi connectivity index (χ1n) is 4.73. The molecule has 2 rings (SSSR count). The topological polar surface area (TPSA) is 74.6 Å². The molecule has 0 amide bonds. The minimum absolute atomic E-state index is 0.149. The van der Waals surface area contributed by atoms with Crippen molar-refractivity contribution in [2.75, 3.05) is 0 Å². The third-order valence-corrected chi connectivity index (χ3v) is 3.31. The average Bonchev–Trinajstić information content (AvgIpc) is 2.78. The third-order valence-electron chi connectivity index (χ3n) is 2.25. The van der Waals surface area contributed by atoms with Gasteiger partial charge in [-0.1, -0.05) is 0 Å². The van der Waals surface area contributed by atoms with E-state index in [-0.39, 0.29) is 11.3 Å². The highest BCUT2D eigenvalue weighted by Crippen LogP contribution is 2.30. The lowest BCUT2D eigenvalue weighted by Crippen LogP contribution is -1.96. The molecule has 2 N–H and O–H groups in total. The molecule has 0 unspecified atom stereocenters. The Bertz CT molecular complexity index is 586. The molecule has 4 nitrogen and oxygen atoms in total. The number of rotatable bonds is 3. The van der Waals surface area contributed by atoms with Gasteiger partial charge >= 0.3 is 5.97 Å². The molecule has 1 heterocycles. The van der Waals surface area contributed by atoms with Gasteiger partial charge < -0.3 is 10.2 Å². The van der Waals surface area contributed by atoms with Gasteiger partial charge in [-0.25, -0.2) is 4.79 Å². The molecule has 1 aromatic carbocycles. The number of benzene rings is 1. The van der Waals surface area contributed by atoms with Crippen LogP contribution in [0, 0.1) is 0 Å². The van der Waals surface area contributed by atoms with Crippen LogP contribution in [-0.2, 0) is 0 Å². The molecule has 86 valence electrons. The van der Waals surface area contributed by atoms with Crippen molar-refractivity contribution in [2.24, 2.45) is 0 Å². The first-order valence-corrected chi connectivity index (χ1v) is 5.55. The van der Waals surface area contributed by atoms with Crippen molar-refractivity contribution in [3.05, 3.63) is 40.8 Å². The maximum atomic E-state index is 10.9. The zero-order chi connectivity index (χ0) is 12.4. The van der Waals surface area contributed by atoms with Crippen LogP contribution in [-0.4, -0.2) is 22.5 Å². The highest BCUT2D eigenvalue weighted by molar-refractivity contribution is 7.17. The number of aromatic carboxylic acids is 1. The number of carbonyl (C=O) groups is 2. The van der Waals surface area contributed by atoms with Gasteiger partial charge in [-0.15, -0.1) is 11.3 Å². The molecule has 0 saturated heterocycles. The molecule has 0 bridgehead atoms. The fourth-order valence-electron chi connectivity index (χ4n) is 1.43. The number of aromatic hydroxyl groups is 1. The Labute approximate surface area is 101 Å². The zero-order valence-corrected chi connectivity index (χ0v) is 9.40. The second kappa shape index (κ2) is 4.39. The molecule has 0 aliphatic rings. The van der Waals surface area contributed by atoms with E-state index in [1.54, 1.807) is 18.2 Å². The summed E-state index contributed by atoms with van der Waals surface area (Å²) in [6.07, 6.45) is 0.743. The summed E-state index contributed by atoms with van der Waals surface area (Å²) >= 11 is 1.27. The molecule has 0 fully saturated rings. The van der Waals surface area contributed by atoms with Crippen LogP contribution in [0.1, 0.15) is 20.0 Å². The SMILES string of the molecule is O=Cc1ccc(-c2ccc(O)c(C(=O)O)c2)s1. The third kappa shape index (κ3) is 2.19. The number of carboxylic acids is 1. The monoisotopic (exact) mass is 248 g/mol. The van der Waals surface area contributed by atoms with E-state index >= 15 is 0 Å². The molecule has 17 heavy (non-hydrogen) atoms. The predicted molar refractivity (Wildman–Crippen MR) is 63.8 cm³/mol. The number of thiophene rings is 1. The molecule has 0 aliphatic heterocycles. The summed E-state index contributed by atoms with van der Waals surface area (Å²) in [5.41, 5.74) is 0.516. The molecule has 5 heteroatoms. The Morgan fingerprint density at radius 3 is 2.59 bits per heavy atom. The number of carbonyl (C=O) groups excluding carboxylic acids is 1. The van der Waals surface area contributed by atoms with E-state index in [1.165, 1.54) is 23.5 Å². The molecule has 0 spiro atoms. The van der Waals surface area contributed by atoms with E-state index in [4.69, 9.17) is 5.11 Å². The Morgan fingerprint density at radius 2 is 2.00 bits per heavy atom. The normalized spacial score (nSPS) is 10.1. The minimum Gasteiger partial charge on any atom is -0.507 e. The number of hydrogen-bond acceptors (Lipinski definition) is 4. The molecular formula is C12H8O4S. The van der Waals surface area contributed by atoms with Gasteiger partial charge in [0.2, 0.25) is 0 Å². The van der Waals surface area contributed by atoms with Crippen LogP contribution in [0.2, 0.25) is 0 Å². The van der Waals surface area contributed by atoms with Gasteiger partial charge in [-0.3, -0.25) is 4.79 Å². The van der Waals surface area contributed by atoms with E-state index in [9.17, 15) is 14.7 Å². The summed E-state index contributed by atoms with van der Waals surface area (Å²) in [5, 5.41) is 18.2. The summed E-state index contributed by atoms with van der Waals surface area (Å²) in [4.78, 5) is 22.8. The van der Waals surface area contributed by atoms with Crippen molar-refractivity contribution < 1.29 is 19.8 Å². The van der Waals surface area contributed by atoms with Crippen molar-refractivity contribution >= 4 is 23.6 Å². The lowest BCUT2D eigenvalue weighted by Gasteiger charge is -2.02. The van der Waals surface area contributed by atoms with Crippen molar-refractivity contribution in [2.45, 2.75) is 0 Å². The minimum atomic E-state index is -1.18. The molecule has 2 aromatic rings. The quantitative estimate of drug-likeness (QED) is 0.819. The first kappa shape index (κ1) is 11.3. The number of carboxylic acid groups (broad SMARTS) is 1. The van der Waals surface area contributed by atoms with Gasteiger partial charge in [-0.05, 0) is 35.9 Å². The summed E-state index contributed by atoms with van der Waals surface area (Å²) in [6.45, 7) is 0. The van der Waals surface area contributed by atoms with E-state index in [2.05, 4.69) is 0 Å². The van der Waals surface area contributed by atoms with Gasteiger partial charge in [0.15, 0.2) is 6.29 Å². The van der Waals surface area contributed by atoms with Crippen molar-refractivity contribution in [1.82, 2.24) is 0 Å². The fourth-order valence-corrected chi connectivity index (χ4v) is 2.25. The first-order chi connectivity index (χ1) is 8.11. The smallest absolute Gasteiger partial charge is 0.339 e. The Balaban J connectivity index is 2.49. The van der Waals surface area contributed by atoms with E-state index in [0.717, 1.165) is 11.2 Å². The van der Waals surface area contributed by atoms with E-state index < -0.39 is 5.97 Å². The predicted octanol–water partition coefficient (Wildman–Crippen LogP) is 2.63. The van der Waals surface area contributed by atoms with Gasteiger partial charge in [0.1, 0.15) is 11.3 Å². The lowest BCUT2D eigenvalue weighted by molar-refractivity contribution is 0.0693. The van der Waals surface area contributed by atoms with Crippen LogP contribution in [0.15, 0.2) is 30.3 Å². The van der Waals surface area contributed by atoms with Crippen molar-refractivity contribution in [1.29, 1.82) is 0 Å². The van der Waals surface area contributed by atoms with Gasteiger partial charge in [0.25, 0.3) is 0 Å². The second-order valence-electron chi connectivity index (χ2n) is 3.36. The van der Waals surface area contributed by atoms with Crippen molar-refractivity contribution in [3.8, 4) is 16.2 Å². The number of phenols is 1. The highest BCUT2D eigenvalue weighted by Gasteiger charge is 2.11. The Morgan fingerprint density at radius 1 is 1.24 bits per heavy atom.